The van der Waals surface area contributed by atoms with Crippen molar-refractivity contribution >= 4 is 21.8 Å². The van der Waals surface area contributed by atoms with Gasteiger partial charge >= 0.3 is 0 Å². The molecule has 0 aromatic heterocycles. The average molecular weight is 300 g/mol. The van der Waals surface area contributed by atoms with Crippen LogP contribution in [0, 0.1) is 6.92 Å². The van der Waals surface area contributed by atoms with E-state index in [-0.39, 0.29) is 5.91 Å². The van der Waals surface area contributed by atoms with Crippen molar-refractivity contribution in [1.82, 2.24) is 5.32 Å². The Labute approximate surface area is 110 Å². The van der Waals surface area contributed by atoms with Crippen LogP contribution in [0.2, 0.25) is 0 Å². The number of nitrogens with one attached hydrogen (secondary N) is 1. The maximum Gasteiger partial charge on any atom is 0.251 e. The molecule has 1 rings (SSSR count). The van der Waals surface area contributed by atoms with Crippen molar-refractivity contribution in [2.24, 2.45) is 0 Å². The number of aryl methyl sites for hydroxylation is 1. The van der Waals surface area contributed by atoms with Crippen LogP contribution in [0.1, 0.15) is 35.7 Å². The molecule has 0 heterocycles. The molecule has 0 spiro atoms. The maximum atomic E-state index is 11.8. The number of halogens is 1. The Morgan fingerprint density at radius 1 is 1.53 bits per heavy atom. The Hall–Kier alpha value is -0.870. The molecule has 0 saturated carbocycles. The molecule has 0 saturated heterocycles. The van der Waals surface area contributed by atoms with E-state index in [9.17, 15) is 9.90 Å². The molecule has 1 aromatic rings. The Morgan fingerprint density at radius 2 is 2.24 bits per heavy atom. The average Bonchev–Trinajstić information content (AvgIpc) is 2.30. The fourth-order valence-electron chi connectivity index (χ4n) is 1.48. The second-order valence-electron chi connectivity index (χ2n) is 4.12. The number of rotatable bonds is 5. The summed E-state index contributed by atoms with van der Waals surface area (Å²) in [5, 5.41) is 12.2. The quantitative estimate of drug-likeness (QED) is 0.878. The molecule has 0 aliphatic heterocycles. The van der Waals surface area contributed by atoms with E-state index in [2.05, 4.69) is 21.2 Å². The zero-order chi connectivity index (χ0) is 12.8. The van der Waals surface area contributed by atoms with E-state index in [1.54, 1.807) is 12.1 Å². The van der Waals surface area contributed by atoms with Gasteiger partial charge in [-0.3, -0.25) is 4.79 Å². The van der Waals surface area contributed by atoms with Crippen LogP contribution in [0.25, 0.3) is 0 Å². The van der Waals surface area contributed by atoms with Crippen LogP contribution in [-0.2, 0) is 0 Å². The van der Waals surface area contributed by atoms with Gasteiger partial charge in [0, 0.05) is 16.6 Å². The predicted molar refractivity (Wildman–Crippen MR) is 72.1 cm³/mol. The van der Waals surface area contributed by atoms with Crippen molar-refractivity contribution in [3.05, 3.63) is 33.8 Å². The first kappa shape index (κ1) is 14.2. The monoisotopic (exact) mass is 299 g/mol. The van der Waals surface area contributed by atoms with E-state index in [0.717, 1.165) is 16.5 Å². The van der Waals surface area contributed by atoms with Crippen molar-refractivity contribution in [2.75, 3.05) is 6.54 Å². The highest BCUT2D eigenvalue weighted by atomic mass is 79.9. The molecule has 0 bridgehead atoms. The Morgan fingerprint density at radius 3 is 2.82 bits per heavy atom. The van der Waals surface area contributed by atoms with Gasteiger partial charge in [-0.15, -0.1) is 0 Å². The third-order valence-electron chi connectivity index (χ3n) is 2.55. The summed E-state index contributed by atoms with van der Waals surface area (Å²) in [4.78, 5) is 11.8. The van der Waals surface area contributed by atoms with Gasteiger partial charge in [0.05, 0.1) is 6.10 Å². The molecule has 0 aliphatic carbocycles. The summed E-state index contributed by atoms with van der Waals surface area (Å²) in [6.07, 6.45) is 1.16. The summed E-state index contributed by atoms with van der Waals surface area (Å²) in [5.41, 5.74) is 1.69. The van der Waals surface area contributed by atoms with Crippen LogP contribution in [0.5, 0.6) is 0 Å². The number of aliphatic hydroxyl groups is 1. The molecule has 1 aromatic carbocycles. The van der Waals surface area contributed by atoms with Gasteiger partial charge in [-0.1, -0.05) is 35.3 Å². The number of amides is 1. The van der Waals surface area contributed by atoms with Gasteiger partial charge in [0.25, 0.3) is 5.91 Å². The Kier molecular flexibility index (Phi) is 5.65. The normalized spacial score (nSPS) is 12.2. The van der Waals surface area contributed by atoms with Crippen LogP contribution < -0.4 is 5.32 Å². The van der Waals surface area contributed by atoms with E-state index < -0.39 is 6.10 Å². The molecule has 4 heteroatoms. The highest BCUT2D eigenvalue weighted by molar-refractivity contribution is 9.10. The third kappa shape index (κ3) is 4.48. The summed E-state index contributed by atoms with van der Waals surface area (Å²) in [6, 6.07) is 5.46. The standard InChI is InChI=1S/C13H18BrNO2/c1-3-4-11(16)8-15-13(17)10-6-5-9(2)12(14)7-10/h5-7,11,16H,3-4,8H2,1-2H3,(H,15,17). The minimum absolute atomic E-state index is 0.152. The topological polar surface area (TPSA) is 49.3 Å². The highest BCUT2D eigenvalue weighted by Crippen LogP contribution is 2.17. The molecule has 0 fully saturated rings. The van der Waals surface area contributed by atoms with Crippen molar-refractivity contribution in [1.29, 1.82) is 0 Å². The van der Waals surface area contributed by atoms with Gasteiger partial charge < -0.3 is 10.4 Å². The summed E-state index contributed by atoms with van der Waals surface area (Å²) in [6.45, 7) is 4.27. The largest absolute Gasteiger partial charge is 0.391 e. The van der Waals surface area contributed by atoms with Crippen molar-refractivity contribution in [3.8, 4) is 0 Å². The minimum Gasteiger partial charge on any atom is -0.391 e. The summed E-state index contributed by atoms with van der Waals surface area (Å²) in [5.74, 6) is -0.152. The molecular formula is C13H18BrNO2. The van der Waals surface area contributed by atoms with Gasteiger partial charge in [-0.2, -0.15) is 0 Å². The molecule has 1 atom stereocenters. The van der Waals surface area contributed by atoms with Crippen molar-refractivity contribution < 1.29 is 9.90 Å². The first-order valence-electron chi connectivity index (χ1n) is 5.77. The first-order valence-corrected chi connectivity index (χ1v) is 6.56. The molecular weight excluding hydrogens is 282 g/mol. The Balaban J connectivity index is 2.55. The van der Waals surface area contributed by atoms with Gasteiger partial charge in [0.15, 0.2) is 0 Å². The van der Waals surface area contributed by atoms with E-state index in [0.29, 0.717) is 18.5 Å². The zero-order valence-electron chi connectivity index (χ0n) is 10.2. The van der Waals surface area contributed by atoms with Crippen molar-refractivity contribution in [2.45, 2.75) is 32.8 Å². The number of hydrogen-bond donors (Lipinski definition) is 2. The molecule has 1 unspecified atom stereocenters. The number of aliphatic hydroxyl groups excluding tert-OH is 1. The minimum atomic E-state index is -0.460. The van der Waals surface area contributed by atoms with Crippen LogP contribution in [0.15, 0.2) is 22.7 Å². The maximum absolute atomic E-state index is 11.8. The SMILES string of the molecule is CCCC(O)CNC(=O)c1ccc(C)c(Br)c1. The second kappa shape index (κ2) is 6.77. The molecule has 2 N–H and O–H groups in total. The molecule has 0 aliphatic rings. The van der Waals surface area contributed by atoms with Gasteiger partial charge in [-0.25, -0.2) is 0 Å². The van der Waals surface area contributed by atoms with Gasteiger partial charge in [0.1, 0.15) is 0 Å². The molecule has 1 amide bonds. The highest BCUT2D eigenvalue weighted by Gasteiger charge is 2.09. The van der Waals surface area contributed by atoms with Crippen LogP contribution in [-0.4, -0.2) is 23.7 Å². The lowest BCUT2D eigenvalue weighted by atomic mass is 10.1. The third-order valence-corrected chi connectivity index (χ3v) is 3.41. The number of hydrogen-bond acceptors (Lipinski definition) is 2. The molecule has 94 valence electrons. The second-order valence-corrected chi connectivity index (χ2v) is 4.97. The van der Waals surface area contributed by atoms with Gasteiger partial charge in [0.2, 0.25) is 0 Å². The number of carbonyl (C=O) groups is 1. The van der Waals surface area contributed by atoms with E-state index in [1.807, 2.05) is 19.9 Å². The summed E-state index contributed by atoms with van der Waals surface area (Å²) >= 11 is 3.39. The van der Waals surface area contributed by atoms with Crippen LogP contribution in [0.4, 0.5) is 0 Å². The van der Waals surface area contributed by atoms with Crippen LogP contribution in [0.3, 0.4) is 0 Å². The first-order chi connectivity index (χ1) is 8.04. The van der Waals surface area contributed by atoms with Gasteiger partial charge in [-0.05, 0) is 31.0 Å². The van der Waals surface area contributed by atoms with E-state index in [1.165, 1.54) is 0 Å². The lowest BCUT2D eigenvalue weighted by Crippen LogP contribution is -2.32. The lowest BCUT2D eigenvalue weighted by molar-refractivity contribution is 0.0910. The Bertz CT molecular complexity index is 393. The lowest BCUT2D eigenvalue weighted by Gasteiger charge is -2.11. The zero-order valence-corrected chi connectivity index (χ0v) is 11.8. The van der Waals surface area contributed by atoms with Crippen LogP contribution >= 0.6 is 15.9 Å². The molecule has 3 nitrogen and oxygen atoms in total. The smallest absolute Gasteiger partial charge is 0.251 e. The number of benzene rings is 1. The molecule has 17 heavy (non-hydrogen) atoms. The molecule has 0 radical (unpaired) electrons. The van der Waals surface area contributed by atoms with Crippen molar-refractivity contribution in [3.63, 3.8) is 0 Å². The fraction of sp³-hybridized carbons (Fsp3) is 0.462. The van der Waals surface area contributed by atoms with E-state index >= 15 is 0 Å². The fourth-order valence-corrected chi connectivity index (χ4v) is 1.86. The number of carbonyl (C=O) groups excluding carboxylic acids is 1. The predicted octanol–water partition coefficient (Wildman–Crippen LogP) is 2.65. The van der Waals surface area contributed by atoms with E-state index in [4.69, 9.17) is 0 Å². The summed E-state index contributed by atoms with van der Waals surface area (Å²) in [7, 11) is 0. The summed E-state index contributed by atoms with van der Waals surface area (Å²) < 4.78 is 0.916.